The number of aliphatic hydroxyl groups excluding tert-OH is 1. The number of nitrogens with zero attached hydrogens (tertiary/aromatic N) is 2. The smallest absolute Gasteiger partial charge is 0.238 e. The van der Waals surface area contributed by atoms with Gasteiger partial charge in [0.25, 0.3) is 0 Å². The van der Waals surface area contributed by atoms with Crippen LogP contribution in [0.3, 0.4) is 0 Å². The lowest BCUT2D eigenvalue weighted by molar-refractivity contribution is -0.118. The molecule has 3 aromatic carbocycles. The Hall–Kier alpha value is -3.00. The summed E-state index contributed by atoms with van der Waals surface area (Å²) in [4.78, 5) is 17.0. The monoisotopic (exact) mass is 451 g/mol. The first-order chi connectivity index (χ1) is 16.0. The van der Waals surface area contributed by atoms with Crippen LogP contribution in [0.5, 0.6) is 5.75 Å². The Morgan fingerprint density at radius 2 is 1.88 bits per heavy atom. The number of amides is 1. The standard InChI is InChI=1S/C26H30FN3O3/c1-19-15-29(17-26(32)28-24-11-6-8-20-7-2-3-9-22(20)24)13-14-30(19)16-21(31)18-33-25-12-5-4-10-23(25)27/h2-12,19,21,31H,13-18H2,1H3,(H,28,32)/t19-,21-/m0/s1. The van der Waals surface area contributed by atoms with E-state index in [-0.39, 0.29) is 24.3 Å². The molecule has 0 spiro atoms. The first-order valence-corrected chi connectivity index (χ1v) is 11.3. The third-order valence-corrected chi connectivity index (χ3v) is 5.99. The first-order valence-electron chi connectivity index (χ1n) is 11.3. The van der Waals surface area contributed by atoms with E-state index in [9.17, 15) is 14.3 Å². The van der Waals surface area contributed by atoms with Gasteiger partial charge in [0.2, 0.25) is 5.91 Å². The molecule has 1 saturated heterocycles. The number of carbonyl (C=O) groups excluding carboxylic acids is 1. The maximum Gasteiger partial charge on any atom is 0.238 e. The maximum atomic E-state index is 13.7. The largest absolute Gasteiger partial charge is 0.488 e. The zero-order valence-electron chi connectivity index (χ0n) is 18.8. The number of rotatable bonds is 8. The van der Waals surface area contributed by atoms with Crippen LogP contribution >= 0.6 is 0 Å². The van der Waals surface area contributed by atoms with Crippen LogP contribution in [0, 0.1) is 5.82 Å². The zero-order valence-corrected chi connectivity index (χ0v) is 18.8. The van der Waals surface area contributed by atoms with Crippen molar-refractivity contribution in [2.45, 2.75) is 19.1 Å². The fourth-order valence-corrected chi connectivity index (χ4v) is 4.28. The fourth-order valence-electron chi connectivity index (χ4n) is 4.28. The Morgan fingerprint density at radius 1 is 1.12 bits per heavy atom. The van der Waals surface area contributed by atoms with Gasteiger partial charge in [0.05, 0.1) is 6.54 Å². The highest BCUT2D eigenvalue weighted by Crippen LogP contribution is 2.23. The lowest BCUT2D eigenvalue weighted by atomic mass is 10.1. The van der Waals surface area contributed by atoms with Gasteiger partial charge in [-0.1, -0.05) is 48.5 Å². The van der Waals surface area contributed by atoms with Crippen molar-refractivity contribution in [2.24, 2.45) is 0 Å². The van der Waals surface area contributed by atoms with Crippen molar-refractivity contribution in [2.75, 3.05) is 44.6 Å². The number of para-hydroxylation sites is 1. The van der Waals surface area contributed by atoms with Gasteiger partial charge < -0.3 is 15.2 Å². The number of carbonyl (C=O) groups is 1. The maximum absolute atomic E-state index is 13.7. The minimum atomic E-state index is -0.728. The number of ether oxygens (including phenoxy) is 1. The summed E-state index contributed by atoms with van der Waals surface area (Å²) in [5.74, 6) is -0.328. The number of hydrogen-bond donors (Lipinski definition) is 2. The molecule has 6 nitrogen and oxygen atoms in total. The summed E-state index contributed by atoms with van der Waals surface area (Å²) in [6.07, 6.45) is -0.728. The Kier molecular flexibility index (Phi) is 7.54. The first kappa shape index (κ1) is 23.2. The van der Waals surface area contributed by atoms with Gasteiger partial charge in [-0.25, -0.2) is 4.39 Å². The number of anilines is 1. The molecule has 1 aliphatic heterocycles. The van der Waals surface area contributed by atoms with Crippen LogP contribution in [0.1, 0.15) is 6.92 Å². The van der Waals surface area contributed by atoms with E-state index in [4.69, 9.17) is 4.74 Å². The summed E-state index contributed by atoms with van der Waals surface area (Å²) >= 11 is 0. The highest BCUT2D eigenvalue weighted by molar-refractivity contribution is 6.02. The second-order valence-electron chi connectivity index (χ2n) is 8.55. The van der Waals surface area contributed by atoms with E-state index in [0.29, 0.717) is 13.1 Å². The van der Waals surface area contributed by atoms with Gasteiger partial charge in [-0.05, 0) is 30.5 Å². The minimum absolute atomic E-state index is 0.0291. The molecular formula is C26H30FN3O3. The lowest BCUT2D eigenvalue weighted by Gasteiger charge is -2.40. The van der Waals surface area contributed by atoms with E-state index >= 15 is 0 Å². The molecule has 1 heterocycles. The van der Waals surface area contributed by atoms with Crippen LogP contribution in [0.4, 0.5) is 10.1 Å². The molecule has 0 radical (unpaired) electrons. The van der Waals surface area contributed by atoms with Crippen molar-refractivity contribution in [3.8, 4) is 5.75 Å². The Bertz CT molecular complexity index is 1090. The molecule has 2 atom stereocenters. The van der Waals surface area contributed by atoms with Crippen LogP contribution in [-0.2, 0) is 4.79 Å². The normalized spacial score (nSPS) is 18.2. The lowest BCUT2D eigenvalue weighted by Crippen LogP contribution is -2.55. The summed E-state index contributed by atoms with van der Waals surface area (Å²) in [6, 6.07) is 20.2. The third kappa shape index (κ3) is 6.07. The van der Waals surface area contributed by atoms with Gasteiger partial charge in [0.15, 0.2) is 11.6 Å². The second kappa shape index (κ2) is 10.7. The Morgan fingerprint density at radius 3 is 2.70 bits per heavy atom. The minimum Gasteiger partial charge on any atom is -0.488 e. The molecule has 4 rings (SSSR count). The van der Waals surface area contributed by atoms with Gasteiger partial charge in [-0.2, -0.15) is 0 Å². The van der Waals surface area contributed by atoms with Crippen molar-refractivity contribution in [1.29, 1.82) is 0 Å². The predicted molar refractivity (Wildman–Crippen MR) is 128 cm³/mol. The molecular weight excluding hydrogens is 421 g/mol. The predicted octanol–water partition coefficient (Wildman–Crippen LogP) is 3.36. The van der Waals surface area contributed by atoms with E-state index in [2.05, 4.69) is 22.0 Å². The molecule has 1 amide bonds. The number of fused-ring (bicyclic) bond motifs is 1. The van der Waals surface area contributed by atoms with E-state index in [1.807, 2.05) is 42.5 Å². The molecule has 3 aromatic rings. The topological polar surface area (TPSA) is 65.0 Å². The summed E-state index contributed by atoms with van der Waals surface area (Å²) in [7, 11) is 0. The summed E-state index contributed by atoms with van der Waals surface area (Å²) in [5, 5.41) is 15.5. The third-order valence-electron chi connectivity index (χ3n) is 5.99. The van der Waals surface area contributed by atoms with Gasteiger partial charge in [0, 0.05) is 43.3 Å². The number of piperazine rings is 1. The molecule has 0 aliphatic carbocycles. The number of β-amino-alcohol motifs (C(OH)–C–C–N with tert-alkyl or cyclic N) is 1. The average molecular weight is 452 g/mol. The molecule has 33 heavy (non-hydrogen) atoms. The van der Waals surface area contributed by atoms with Crippen LogP contribution < -0.4 is 10.1 Å². The molecule has 0 bridgehead atoms. The average Bonchev–Trinajstić information content (AvgIpc) is 2.80. The number of halogens is 1. The molecule has 2 N–H and O–H groups in total. The molecule has 0 unspecified atom stereocenters. The van der Waals surface area contributed by atoms with Crippen molar-refractivity contribution in [3.05, 3.63) is 72.5 Å². The molecule has 7 heteroatoms. The van der Waals surface area contributed by atoms with Crippen molar-refractivity contribution < 1.29 is 19.0 Å². The summed E-state index contributed by atoms with van der Waals surface area (Å²) in [5.41, 5.74) is 0.822. The second-order valence-corrected chi connectivity index (χ2v) is 8.55. The van der Waals surface area contributed by atoms with E-state index in [0.717, 1.165) is 36.1 Å². The number of aliphatic hydroxyl groups is 1. The van der Waals surface area contributed by atoms with Crippen molar-refractivity contribution in [1.82, 2.24) is 9.80 Å². The Labute approximate surface area is 193 Å². The van der Waals surface area contributed by atoms with Gasteiger partial charge in [-0.3, -0.25) is 14.6 Å². The van der Waals surface area contributed by atoms with Gasteiger partial charge in [0.1, 0.15) is 12.7 Å². The zero-order chi connectivity index (χ0) is 23.2. The van der Waals surface area contributed by atoms with E-state index < -0.39 is 11.9 Å². The van der Waals surface area contributed by atoms with Crippen LogP contribution in [-0.4, -0.2) is 72.3 Å². The summed E-state index contributed by atoms with van der Waals surface area (Å²) in [6.45, 7) is 5.06. The quantitative estimate of drug-likeness (QED) is 0.550. The highest BCUT2D eigenvalue weighted by atomic mass is 19.1. The molecule has 1 fully saturated rings. The fraction of sp³-hybridized carbons (Fsp3) is 0.346. The van der Waals surface area contributed by atoms with E-state index in [1.54, 1.807) is 18.2 Å². The summed E-state index contributed by atoms with van der Waals surface area (Å²) < 4.78 is 19.1. The van der Waals surface area contributed by atoms with Gasteiger partial charge in [-0.15, -0.1) is 0 Å². The Balaban J connectivity index is 1.24. The molecule has 1 aliphatic rings. The van der Waals surface area contributed by atoms with Crippen LogP contribution in [0.15, 0.2) is 66.7 Å². The van der Waals surface area contributed by atoms with Crippen LogP contribution in [0.25, 0.3) is 10.8 Å². The SMILES string of the molecule is C[C@H]1CN(CC(=O)Nc2cccc3ccccc23)CCN1C[C@H](O)COc1ccccc1F. The van der Waals surface area contributed by atoms with E-state index in [1.165, 1.54) is 6.07 Å². The molecule has 174 valence electrons. The molecule has 0 saturated carbocycles. The van der Waals surface area contributed by atoms with Crippen LogP contribution in [0.2, 0.25) is 0 Å². The molecule has 0 aromatic heterocycles. The number of nitrogens with one attached hydrogen (secondary N) is 1. The van der Waals surface area contributed by atoms with Crippen molar-refractivity contribution in [3.63, 3.8) is 0 Å². The number of benzene rings is 3. The van der Waals surface area contributed by atoms with Gasteiger partial charge >= 0.3 is 0 Å². The highest BCUT2D eigenvalue weighted by Gasteiger charge is 2.26. The number of hydrogen-bond acceptors (Lipinski definition) is 5. The van der Waals surface area contributed by atoms with Crippen molar-refractivity contribution >= 4 is 22.4 Å².